The molecule has 1 aromatic heterocycles. The van der Waals surface area contributed by atoms with Crippen molar-refractivity contribution in [1.82, 2.24) is 0 Å². The van der Waals surface area contributed by atoms with Crippen LogP contribution in [0.5, 0.6) is 5.75 Å². The Morgan fingerprint density at radius 1 is 1.08 bits per heavy atom. The van der Waals surface area contributed by atoms with Gasteiger partial charge in [0.25, 0.3) is 0 Å². The molecule has 0 radical (unpaired) electrons. The highest BCUT2D eigenvalue weighted by molar-refractivity contribution is 6.33. The zero-order valence-corrected chi connectivity index (χ0v) is 13.4. The van der Waals surface area contributed by atoms with Crippen molar-refractivity contribution in [2.24, 2.45) is 0 Å². The van der Waals surface area contributed by atoms with Crippen molar-refractivity contribution < 1.29 is 13.9 Å². The number of ether oxygens (including phenoxy) is 1. The zero-order chi connectivity index (χ0) is 16.7. The molecule has 1 aliphatic rings. The number of halogens is 1. The number of fused-ring (bicyclic) bond motifs is 3. The van der Waals surface area contributed by atoms with Crippen molar-refractivity contribution in [1.29, 1.82) is 0 Å². The molecule has 0 amide bonds. The van der Waals surface area contributed by atoms with Gasteiger partial charge in [-0.25, -0.2) is 9.59 Å². The van der Waals surface area contributed by atoms with Crippen molar-refractivity contribution in [3.63, 3.8) is 0 Å². The molecule has 0 saturated carbocycles. The third kappa shape index (κ3) is 2.49. The fraction of sp³-hybridized carbons (Fsp3) is 0.158. The Bertz CT molecular complexity index is 1010. The summed E-state index contributed by atoms with van der Waals surface area (Å²) >= 11 is 6.28. The molecule has 4 rings (SSSR count). The Hall–Kier alpha value is -2.59. The molecule has 0 N–H and O–H groups in total. The summed E-state index contributed by atoms with van der Waals surface area (Å²) in [6.07, 6.45) is 2.49. The standard InChI is InChI=1S/C19H13ClO4/c20-15-9-14-12-7-4-8-13(12)19(22)23-16(14)10-17(15)24-18(21)11-5-2-1-3-6-11/h1-3,5-6,9-10H,4,7-8H2. The van der Waals surface area contributed by atoms with Gasteiger partial charge in [0.2, 0.25) is 0 Å². The minimum Gasteiger partial charge on any atom is -0.422 e. The zero-order valence-electron chi connectivity index (χ0n) is 12.7. The Labute approximate surface area is 142 Å². The minimum absolute atomic E-state index is 0.180. The summed E-state index contributed by atoms with van der Waals surface area (Å²) in [6, 6.07) is 11.8. The second-order valence-corrected chi connectivity index (χ2v) is 6.14. The molecule has 1 aliphatic carbocycles. The first kappa shape index (κ1) is 15.0. The molecule has 2 aromatic carbocycles. The molecule has 0 aliphatic heterocycles. The molecule has 0 atom stereocenters. The Kier molecular flexibility index (Phi) is 3.62. The quantitative estimate of drug-likeness (QED) is 0.399. The monoisotopic (exact) mass is 340 g/mol. The van der Waals surface area contributed by atoms with E-state index in [0.29, 0.717) is 16.2 Å². The number of carbonyl (C=O) groups excluding carboxylic acids is 1. The summed E-state index contributed by atoms with van der Waals surface area (Å²) < 4.78 is 10.7. The third-order valence-corrected chi connectivity index (χ3v) is 4.53. The van der Waals surface area contributed by atoms with Gasteiger partial charge in [0.1, 0.15) is 5.58 Å². The highest BCUT2D eigenvalue weighted by Crippen LogP contribution is 2.34. The number of benzene rings is 2. The van der Waals surface area contributed by atoms with Crippen molar-refractivity contribution in [3.8, 4) is 5.75 Å². The fourth-order valence-electron chi connectivity index (χ4n) is 3.09. The van der Waals surface area contributed by atoms with Crippen LogP contribution in [-0.2, 0) is 12.8 Å². The minimum atomic E-state index is -0.514. The second-order valence-electron chi connectivity index (χ2n) is 5.73. The molecule has 0 fully saturated rings. The van der Waals surface area contributed by atoms with Crippen molar-refractivity contribution >= 4 is 28.5 Å². The van der Waals surface area contributed by atoms with Gasteiger partial charge in [-0.05, 0) is 43.0 Å². The molecule has 0 unspecified atom stereocenters. The number of aryl methyl sites for hydroxylation is 1. The second kappa shape index (κ2) is 5.80. The lowest BCUT2D eigenvalue weighted by molar-refractivity contribution is 0.0735. The first-order chi connectivity index (χ1) is 11.6. The third-order valence-electron chi connectivity index (χ3n) is 4.24. The van der Waals surface area contributed by atoms with Crippen molar-refractivity contribution in [3.05, 3.63) is 74.6 Å². The summed E-state index contributed by atoms with van der Waals surface area (Å²) in [6.45, 7) is 0. The highest BCUT2D eigenvalue weighted by Gasteiger charge is 2.21. The van der Waals surface area contributed by atoms with E-state index in [9.17, 15) is 9.59 Å². The van der Waals surface area contributed by atoms with Crippen LogP contribution in [0.4, 0.5) is 0 Å². The normalized spacial score (nSPS) is 13.0. The Morgan fingerprint density at radius 3 is 2.62 bits per heavy atom. The van der Waals surface area contributed by atoms with E-state index in [1.54, 1.807) is 30.3 Å². The maximum atomic E-state index is 12.2. The van der Waals surface area contributed by atoms with Crippen LogP contribution >= 0.6 is 11.6 Å². The molecular formula is C19H13ClO4. The largest absolute Gasteiger partial charge is 0.422 e. The number of esters is 1. The van der Waals surface area contributed by atoms with Crippen LogP contribution in [0, 0.1) is 0 Å². The van der Waals surface area contributed by atoms with Gasteiger partial charge in [0.05, 0.1) is 10.6 Å². The first-order valence-corrected chi connectivity index (χ1v) is 8.06. The lowest BCUT2D eigenvalue weighted by Gasteiger charge is -2.09. The molecule has 3 aromatic rings. The number of rotatable bonds is 2. The van der Waals surface area contributed by atoms with Gasteiger partial charge in [-0.2, -0.15) is 0 Å². The van der Waals surface area contributed by atoms with Crippen LogP contribution in [0.1, 0.15) is 27.9 Å². The van der Waals surface area contributed by atoms with E-state index < -0.39 is 5.97 Å². The van der Waals surface area contributed by atoms with E-state index in [4.69, 9.17) is 20.8 Å². The van der Waals surface area contributed by atoms with Crippen LogP contribution in [0.25, 0.3) is 11.0 Å². The lowest BCUT2D eigenvalue weighted by atomic mass is 10.1. The van der Waals surface area contributed by atoms with Crippen LogP contribution in [0.2, 0.25) is 5.02 Å². The van der Waals surface area contributed by atoms with E-state index in [1.165, 1.54) is 6.07 Å². The van der Waals surface area contributed by atoms with Gasteiger partial charge in [0, 0.05) is 17.0 Å². The molecule has 4 nitrogen and oxygen atoms in total. The average Bonchev–Trinajstić information content (AvgIpc) is 3.08. The smallest absolute Gasteiger partial charge is 0.343 e. The summed E-state index contributed by atoms with van der Waals surface area (Å²) in [5.41, 5.74) is 2.21. The number of hydrogen-bond donors (Lipinski definition) is 0. The van der Waals surface area contributed by atoms with Gasteiger partial charge in [0.15, 0.2) is 5.75 Å². The average molecular weight is 341 g/mol. The summed E-state index contributed by atoms with van der Waals surface area (Å²) in [7, 11) is 0. The van der Waals surface area contributed by atoms with Crippen LogP contribution < -0.4 is 10.4 Å². The fourth-order valence-corrected chi connectivity index (χ4v) is 3.30. The molecule has 1 heterocycles. The topological polar surface area (TPSA) is 56.5 Å². The lowest BCUT2D eigenvalue weighted by Crippen LogP contribution is -2.09. The molecule has 120 valence electrons. The molecule has 24 heavy (non-hydrogen) atoms. The molecule has 0 bridgehead atoms. The van der Waals surface area contributed by atoms with Crippen LogP contribution in [-0.4, -0.2) is 5.97 Å². The van der Waals surface area contributed by atoms with Gasteiger partial charge in [-0.15, -0.1) is 0 Å². The van der Waals surface area contributed by atoms with Gasteiger partial charge < -0.3 is 9.15 Å². The molecule has 0 spiro atoms. The van der Waals surface area contributed by atoms with E-state index in [1.807, 2.05) is 6.07 Å². The Balaban J connectivity index is 1.77. The summed E-state index contributed by atoms with van der Waals surface area (Å²) in [4.78, 5) is 24.2. The summed E-state index contributed by atoms with van der Waals surface area (Å²) in [5.74, 6) is -0.334. The number of hydrogen-bond acceptors (Lipinski definition) is 4. The maximum absolute atomic E-state index is 12.2. The van der Waals surface area contributed by atoms with Gasteiger partial charge >= 0.3 is 11.6 Å². The van der Waals surface area contributed by atoms with Gasteiger partial charge in [-0.3, -0.25) is 0 Å². The van der Waals surface area contributed by atoms with E-state index in [2.05, 4.69) is 0 Å². The molecule has 5 heteroatoms. The molecular weight excluding hydrogens is 328 g/mol. The van der Waals surface area contributed by atoms with Crippen LogP contribution in [0.15, 0.2) is 51.7 Å². The Morgan fingerprint density at radius 2 is 1.83 bits per heavy atom. The predicted octanol–water partition coefficient (Wildman–Crippen LogP) is 4.15. The molecule has 0 saturated heterocycles. The van der Waals surface area contributed by atoms with Crippen molar-refractivity contribution in [2.75, 3.05) is 0 Å². The van der Waals surface area contributed by atoms with E-state index in [0.717, 1.165) is 35.8 Å². The van der Waals surface area contributed by atoms with E-state index in [-0.39, 0.29) is 11.4 Å². The predicted molar refractivity (Wildman–Crippen MR) is 90.9 cm³/mol. The highest BCUT2D eigenvalue weighted by atomic mass is 35.5. The van der Waals surface area contributed by atoms with Gasteiger partial charge in [-0.1, -0.05) is 29.8 Å². The first-order valence-electron chi connectivity index (χ1n) is 7.69. The maximum Gasteiger partial charge on any atom is 0.343 e. The van der Waals surface area contributed by atoms with Crippen LogP contribution in [0.3, 0.4) is 0 Å². The number of carbonyl (C=O) groups is 1. The SMILES string of the molecule is O=C(Oc1cc2oc(=O)c3c(c2cc1Cl)CCC3)c1ccccc1. The van der Waals surface area contributed by atoms with E-state index >= 15 is 0 Å². The summed E-state index contributed by atoms with van der Waals surface area (Å²) in [5, 5.41) is 1.13. The van der Waals surface area contributed by atoms with Crippen molar-refractivity contribution in [2.45, 2.75) is 19.3 Å².